The molecule has 4 aliphatic rings. The number of aryl methyl sites for hydroxylation is 2. The van der Waals surface area contributed by atoms with Gasteiger partial charge in [-0.05, 0) is 56.5 Å². The smallest absolute Gasteiger partial charge is 0.159 e. The highest BCUT2D eigenvalue weighted by atomic mass is 19.1. The van der Waals surface area contributed by atoms with Crippen LogP contribution in [0.5, 0.6) is 0 Å². The lowest BCUT2D eigenvalue weighted by Gasteiger charge is -2.43. The number of morpholine rings is 1. The van der Waals surface area contributed by atoms with Gasteiger partial charge in [-0.2, -0.15) is 5.10 Å². The molecule has 2 bridgehead atoms. The number of hydrogen-bond acceptors (Lipinski definition) is 7. The average molecular weight is 479 g/mol. The monoisotopic (exact) mass is 478 g/mol. The van der Waals surface area contributed by atoms with E-state index in [2.05, 4.69) is 34.0 Å². The van der Waals surface area contributed by atoms with Gasteiger partial charge in [0.1, 0.15) is 17.8 Å². The van der Waals surface area contributed by atoms with Crippen molar-refractivity contribution in [1.29, 1.82) is 0 Å². The summed E-state index contributed by atoms with van der Waals surface area (Å²) in [7, 11) is 0. The Morgan fingerprint density at radius 2 is 1.86 bits per heavy atom. The number of fused-ring (bicyclic) bond motifs is 3. The van der Waals surface area contributed by atoms with E-state index in [0.29, 0.717) is 30.6 Å². The van der Waals surface area contributed by atoms with Crippen molar-refractivity contribution in [3.63, 3.8) is 0 Å². The molecule has 7 rings (SSSR count). The number of alkyl halides is 1. The molecular weight excluding hydrogens is 447 g/mol. The van der Waals surface area contributed by atoms with Crippen molar-refractivity contribution in [1.82, 2.24) is 24.6 Å². The Balaban J connectivity index is 1.22. The van der Waals surface area contributed by atoms with Crippen LogP contribution < -0.4 is 4.90 Å². The van der Waals surface area contributed by atoms with Gasteiger partial charge >= 0.3 is 0 Å². The van der Waals surface area contributed by atoms with Crippen LogP contribution in [0, 0.1) is 13.8 Å². The summed E-state index contributed by atoms with van der Waals surface area (Å²) < 4.78 is 28.4. The Bertz CT molecular complexity index is 1280. The Morgan fingerprint density at radius 3 is 2.57 bits per heavy atom. The first-order valence-corrected chi connectivity index (χ1v) is 12.7. The Hall–Kier alpha value is -2.62. The molecule has 4 fully saturated rings. The number of hydrogen-bond donors (Lipinski definition) is 0. The molecule has 0 amide bonds. The van der Waals surface area contributed by atoms with E-state index in [1.807, 2.05) is 23.9 Å². The van der Waals surface area contributed by atoms with E-state index < -0.39 is 6.17 Å². The van der Waals surface area contributed by atoms with Gasteiger partial charge in [0.05, 0.1) is 49.7 Å². The number of ether oxygens (including phenoxy) is 2. The number of rotatable bonds is 4. The molecule has 0 aliphatic carbocycles. The van der Waals surface area contributed by atoms with Gasteiger partial charge in [0.15, 0.2) is 5.82 Å². The lowest BCUT2D eigenvalue weighted by molar-refractivity contribution is -0.0807. The molecule has 6 heterocycles. The van der Waals surface area contributed by atoms with E-state index >= 15 is 4.39 Å². The summed E-state index contributed by atoms with van der Waals surface area (Å²) in [4.78, 5) is 14.0. The van der Waals surface area contributed by atoms with Crippen LogP contribution in [0.1, 0.15) is 35.7 Å². The number of halogens is 1. The van der Waals surface area contributed by atoms with Crippen molar-refractivity contribution in [2.75, 3.05) is 44.4 Å². The highest BCUT2D eigenvalue weighted by molar-refractivity contribution is 5.82. The van der Waals surface area contributed by atoms with Crippen molar-refractivity contribution >= 4 is 16.7 Å². The molecule has 3 aromatic rings. The SMILES string of the molecule is Cc1nc(N2CC3CC2CO3)cc(-n2ncc3cc(C)c(C4CCN(C5COC5)CC4F)cc32)n1. The topological polar surface area (TPSA) is 68.5 Å². The maximum absolute atomic E-state index is 15.4. The van der Waals surface area contributed by atoms with Crippen molar-refractivity contribution in [3.05, 3.63) is 41.3 Å². The van der Waals surface area contributed by atoms with E-state index in [1.165, 1.54) is 0 Å². The van der Waals surface area contributed by atoms with E-state index in [9.17, 15) is 0 Å². The molecule has 4 unspecified atom stereocenters. The molecule has 0 radical (unpaired) electrons. The van der Waals surface area contributed by atoms with Crippen LogP contribution in [0.15, 0.2) is 24.4 Å². The zero-order chi connectivity index (χ0) is 23.7. The predicted octanol–water partition coefficient (Wildman–Crippen LogP) is 2.94. The van der Waals surface area contributed by atoms with Crippen molar-refractivity contribution < 1.29 is 13.9 Å². The molecule has 0 spiro atoms. The fourth-order valence-electron chi connectivity index (χ4n) is 6.30. The summed E-state index contributed by atoms with van der Waals surface area (Å²) in [5.41, 5.74) is 3.16. The quantitative estimate of drug-likeness (QED) is 0.571. The Kier molecular flexibility index (Phi) is 5.08. The van der Waals surface area contributed by atoms with Gasteiger partial charge in [-0.25, -0.2) is 19.0 Å². The van der Waals surface area contributed by atoms with Crippen molar-refractivity contribution in [2.24, 2.45) is 0 Å². The van der Waals surface area contributed by atoms with E-state index in [1.54, 1.807) is 0 Å². The minimum Gasteiger partial charge on any atom is -0.378 e. The maximum Gasteiger partial charge on any atom is 0.159 e. The highest BCUT2D eigenvalue weighted by Gasteiger charge is 2.40. The number of piperidine rings is 1. The van der Waals surface area contributed by atoms with Crippen molar-refractivity contribution in [3.8, 4) is 5.82 Å². The largest absolute Gasteiger partial charge is 0.378 e. The normalized spacial score (nSPS) is 29.3. The van der Waals surface area contributed by atoms with Gasteiger partial charge in [0, 0.05) is 30.5 Å². The van der Waals surface area contributed by atoms with Crippen LogP contribution in [0.4, 0.5) is 10.2 Å². The summed E-state index contributed by atoms with van der Waals surface area (Å²) in [5, 5.41) is 5.73. The summed E-state index contributed by atoms with van der Waals surface area (Å²) in [6.45, 7) is 8.48. The zero-order valence-electron chi connectivity index (χ0n) is 20.2. The molecule has 8 nitrogen and oxygen atoms in total. The minimum absolute atomic E-state index is 0.108. The van der Waals surface area contributed by atoms with Crippen LogP contribution in [-0.2, 0) is 9.47 Å². The number of likely N-dealkylation sites (tertiary alicyclic amines) is 1. The predicted molar refractivity (Wildman–Crippen MR) is 130 cm³/mol. The second kappa shape index (κ2) is 8.21. The molecule has 2 aromatic heterocycles. The third-order valence-electron chi connectivity index (χ3n) is 8.29. The molecule has 1 aromatic carbocycles. The fraction of sp³-hybridized carbons (Fsp3) is 0.577. The lowest BCUT2D eigenvalue weighted by atomic mass is 9.84. The molecule has 4 saturated heterocycles. The van der Waals surface area contributed by atoms with Gasteiger partial charge in [-0.1, -0.05) is 0 Å². The summed E-state index contributed by atoms with van der Waals surface area (Å²) >= 11 is 0. The minimum atomic E-state index is -0.891. The molecule has 4 aliphatic heterocycles. The summed E-state index contributed by atoms with van der Waals surface area (Å²) in [6.07, 6.45) is 3.15. The van der Waals surface area contributed by atoms with Gasteiger partial charge in [-0.3, -0.25) is 4.90 Å². The van der Waals surface area contributed by atoms with Crippen LogP contribution in [0.3, 0.4) is 0 Å². The van der Waals surface area contributed by atoms with Crippen LogP contribution in [0.2, 0.25) is 0 Å². The fourth-order valence-corrected chi connectivity index (χ4v) is 6.30. The van der Waals surface area contributed by atoms with Crippen LogP contribution in [-0.4, -0.2) is 88.5 Å². The molecule has 4 atom stereocenters. The molecule has 184 valence electrons. The summed E-state index contributed by atoms with van der Waals surface area (Å²) in [6, 6.07) is 7.06. The second-order valence-electron chi connectivity index (χ2n) is 10.6. The third-order valence-corrected chi connectivity index (χ3v) is 8.29. The Morgan fingerprint density at radius 1 is 1.00 bits per heavy atom. The van der Waals surface area contributed by atoms with Gasteiger partial charge in [-0.15, -0.1) is 0 Å². The van der Waals surface area contributed by atoms with E-state index in [-0.39, 0.29) is 5.92 Å². The molecular formula is C26H31FN6O2. The van der Waals surface area contributed by atoms with E-state index in [4.69, 9.17) is 19.4 Å². The first-order valence-electron chi connectivity index (χ1n) is 12.7. The lowest BCUT2D eigenvalue weighted by Crippen LogP contribution is -2.54. The standard InChI is InChI=1S/C26H31FN6O2/c1-15-5-17-9-28-33(26-8-25(29-16(2)30-26)32-10-20-6-18(32)14-35-20)24(17)7-22(15)21-3-4-31(11-23(21)27)19-12-34-13-19/h5,7-9,18-21,23H,3-4,6,10-14H2,1-2H3. The first-order chi connectivity index (χ1) is 17.0. The Labute approximate surface area is 204 Å². The first kappa shape index (κ1) is 21.6. The van der Waals surface area contributed by atoms with Crippen LogP contribution in [0.25, 0.3) is 16.7 Å². The highest BCUT2D eigenvalue weighted by Crippen LogP contribution is 2.37. The van der Waals surface area contributed by atoms with Crippen molar-refractivity contribution in [2.45, 2.75) is 57.0 Å². The van der Waals surface area contributed by atoms with E-state index in [0.717, 1.165) is 79.4 Å². The van der Waals surface area contributed by atoms with Gasteiger partial charge < -0.3 is 14.4 Å². The average Bonchev–Trinajstić information content (AvgIpc) is 3.53. The molecule has 0 N–H and O–H groups in total. The number of benzene rings is 1. The molecule has 9 heteroatoms. The molecule has 35 heavy (non-hydrogen) atoms. The number of anilines is 1. The number of nitrogens with zero attached hydrogens (tertiary/aromatic N) is 6. The summed E-state index contributed by atoms with van der Waals surface area (Å²) in [5.74, 6) is 2.28. The number of aromatic nitrogens is 4. The maximum atomic E-state index is 15.4. The zero-order valence-corrected chi connectivity index (χ0v) is 20.2. The van der Waals surface area contributed by atoms with Gasteiger partial charge in [0.2, 0.25) is 0 Å². The van der Waals surface area contributed by atoms with Gasteiger partial charge in [0.25, 0.3) is 0 Å². The second-order valence-corrected chi connectivity index (χ2v) is 10.6. The van der Waals surface area contributed by atoms with Crippen LogP contribution >= 0.6 is 0 Å². The molecule has 0 saturated carbocycles. The third kappa shape index (κ3) is 3.63.